The fourth-order valence-corrected chi connectivity index (χ4v) is 2.32. The number of para-hydroxylation sites is 1. The van der Waals surface area contributed by atoms with E-state index < -0.39 is 0 Å². The van der Waals surface area contributed by atoms with Crippen LogP contribution in [0.5, 0.6) is 0 Å². The van der Waals surface area contributed by atoms with E-state index in [-0.39, 0.29) is 0 Å². The summed E-state index contributed by atoms with van der Waals surface area (Å²) < 4.78 is 6.48. The SMILES string of the molecule is Cc1nonc1CNc1ncnc2c1cnn2-c1ccccc1. The fraction of sp³-hybridized carbons (Fsp3) is 0.133. The van der Waals surface area contributed by atoms with Gasteiger partial charge in [-0.2, -0.15) is 5.10 Å². The summed E-state index contributed by atoms with van der Waals surface area (Å²) in [6, 6.07) is 9.84. The summed E-state index contributed by atoms with van der Waals surface area (Å²) in [7, 11) is 0. The molecule has 0 radical (unpaired) electrons. The first kappa shape index (κ1) is 13.4. The third kappa shape index (κ3) is 2.39. The summed E-state index contributed by atoms with van der Waals surface area (Å²) in [6.45, 7) is 2.31. The molecule has 3 aromatic heterocycles. The van der Waals surface area contributed by atoms with E-state index in [1.54, 1.807) is 10.9 Å². The van der Waals surface area contributed by atoms with Gasteiger partial charge >= 0.3 is 0 Å². The fourth-order valence-electron chi connectivity index (χ4n) is 2.32. The second-order valence-corrected chi connectivity index (χ2v) is 5.00. The van der Waals surface area contributed by atoms with E-state index >= 15 is 0 Å². The molecule has 23 heavy (non-hydrogen) atoms. The van der Waals surface area contributed by atoms with Crippen LogP contribution in [0.2, 0.25) is 0 Å². The Bertz CT molecular complexity index is 945. The third-order valence-corrected chi connectivity index (χ3v) is 3.54. The lowest BCUT2D eigenvalue weighted by Crippen LogP contribution is -2.04. The molecule has 114 valence electrons. The van der Waals surface area contributed by atoms with Crippen LogP contribution in [0.3, 0.4) is 0 Å². The van der Waals surface area contributed by atoms with Crippen molar-refractivity contribution in [2.45, 2.75) is 13.5 Å². The standard InChI is InChI=1S/C15H13N7O/c1-10-13(21-23-20-10)8-16-14-12-7-19-22(15(12)18-9-17-14)11-5-3-2-4-6-11/h2-7,9H,8H2,1H3,(H,16,17,18). The van der Waals surface area contributed by atoms with Crippen LogP contribution in [0.1, 0.15) is 11.4 Å². The molecule has 3 heterocycles. The van der Waals surface area contributed by atoms with Crippen LogP contribution in [0.4, 0.5) is 5.82 Å². The van der Waals surface area contributed by atoms with Gasteiger partial charge in [0.2, 0.25) is 0 Å². The van der Waals surface area contributed by atoms with Crippen LogP contribution < -0.4 is 5.32 Å². The smallest absolute Gasteiger partial charge is 0.168 e. The van der Waals surface area contributed by atoms with Crippen LogP contribution in [-0.2, 0) is 6.54 Å². The molecule has 1 N–H and O–H groups in total. The monoisotopic (exact) mass is 307 g/mol. The summed E-state index contributed by atoms with van der Waals surface area (Å²) in [4.78, 5) is 8.63. The lowest BCUT2D eigenvalue weighted by Gasteiger charge is -2.05. The van der Waals surface area contributed by atoms with Crippen LogP contribution >= 0.6 is 0 Å². The molecule has 0 aliphatic carbocycles. The van der Waals surface area contributed by atoms with E-state index in [1.165, 1.54) is 6.33 Å². The van der Waals surface area contributed by atoms with Gasteiger partial charge in [-0.25, -0.2) is 19.3 Å². The third-order valence-electron chi connectivity index (χ3n) is 3.54. The zero-order chi connectivity index (χ0) is 15.6. The normalized spacial score (nSPS) is 11.0. The van der Waals surface area contributed by atoms with Gasteiger partial charge in [0.25, 0.3) is 0 Å². The summed E-state index contributed by atoms with van der Waals surface area (Å²) in [6.07, 6.45) is 3.26. The summed E-state index contributed by atoms with van der Waals surface area (Å²) in [5, 5.41) is 16.1. The maximum absolute atomic E-state index is 4.69. The Kier molecular flexibility index (Phi) is 3.19. The number of hydrogen-bond donors (Lipinski definition) is 1. The minimum atomic E-state index is 0.470. The quantitative estimate of drug-likeness (QED) is 0.617. The van der Waals surface area contributed by atoms with Crippen LogP contribution in [0.25, 0.3) is 16.7 Å². The average molecular weight is 307 g/mol. The molecule has 8 heteroatoms. The number of aromatic nitrogens is 6. The van der Waals surface area contributed by atoms with Crippen molar-refractivity contribution in [2.24, 2.45) is 0 Å². The van der Waals surface area contributed by atoms with Gasteiger partial charge < -0.3 is 5.32 Å². The lowest BCUT2D eigenvalue weighted by molar-refractivity contribution is 0.301. The molecule has 4 rings (SSSR count). The van der Waals surface area contributed by atoms with Crippen molar-refractivity contribution >= 4 is 16.9 Å². The molecule has 0 atom stereocenters. The first-order valence-corrected chi connectivity index (χ1v) is 7.09. The molecule has 8 nitrogen and oxygen atoms in total. The van der Waals surface area contributed by atoms with Gasteiger partial charge in [0.05, 0.1) is 23.8 Å². The van der Waals surface area contributed by atoms with Crippen LogP contribution in [0.15, 0.2) is 47.5 Å². The van der Waals surface area contributed by atoms with Crippen molar-refractivity contribution in [1.82, 2.24) is 30.1 Å². The Balaban J connectivity index is 1.69. The van der Waals surface area contributed by atoms with Gasteiger partial charge in [0, 0.05) is 0 Å². The molecule has 0 saturated carbocycles. The maximum atomic E-state index is 4.69. The number of rotatable bonds is 4. The first-order chi connectivity index (χ1) is 11.3. The highest BCUT2D eigenvalue weighted by molar-refractivity contribution is 5.87. The number of anilines is 1. The molecule has 0 aliphatic heterocycles. The number of fused-ring (bicyclic) bond motifs is 1. The molecule has 0 bridgehead atoms. The van der Waals surface area contributed by atoms with Crippen molar-refractivity contribution in [3.8, 4) is 5.69 Å². The second-order valence-electron chi connectivity index (χ2n) is 5.00. The lowest BCUT2D eigenvalue weighted by atomic mass is 10.3. The largest absolute Gasteiger partial charge is 0.363 e. The summed E-state index contributed by atoms with van der Waals surface area (Å²) in [5.74, 6) is 0.694. The van der Waals surface area contributed by atoms with Gasteiger partial charge in [0.15, 0.2) is 5.65 Å². The molecule has 0 saturated heterocycles. The van der Waals surface area contributed by atoms with Crippen LogP contribution in [0, 0.1) is 6.92 Å². The molecule has 0 unspecified atom stereocenters. The Labute approximate surface area is 131 Å². The van der Waals surface area contributed by atoms with Crippen molar-refractivity contribution < 1.29 is 4.63 Å². The highest BCUT2D eigenvalue weighted by Crippen LogP contribution is 2.21. The van der Waals surface area contributed by atoms with E-state index in [0.29, 0.717) is 12.4 Å². The van der Waals surface area contributed by atoms with Crippen LogP contribution in [-0.4, -0.2) is 30.1 Å². The molecular formula is C15H13N7O. The second kappa shape index (κ2) is 5.48. The predicted molar refractivity (Wildman–Crippen MR) is 83.0 cm³/mol. The minimum Gasteiger partial charge on any atom is -0.363 e. The molecule has 0 amide bonds. The predicted octanol–water partition coefficient (Wildman–Crippen LogP) is 2.12. The van der Waals surface area contributed by atoms with Gasteiger partial charge in [-0.1, -0.05) is 28.5 Å². The zero-order valence-electron chi connectivity index (χ0n) is 12.3. The molecule has 0 spiro atoms. The molecule has 4 aromatic rings. The van der Waals surface area contributed by atoms with Crippen molar-refractivity contribution in [3.05, 3.63) is 54.2 Å². The Morgan fingerprint density at radius 1 is 1.13 bits per heavy atom. The molecule has 1 aromatic carbocycles. The van der Waals surface area contributed by atoms with E-state index in [9.17, 15) is 0 Å². The van der Waals surface area contributed by atoms with Gasteiger partial charge in [-0.15, -0.1) is 0 Å². The maximum Gasteiger partial charge on any atom is 0.168 e. The average Bonchev–Trinajstić information content (AvgIpc) is 3.20. The highest BCUT2D eigenvalue weighted by atomic mass is 16.6. The van der Waals surface area contributed by atoms with E-state index in [2.05, 4.69) is 30.7 Å². The molecule has 0 fully saturated rings. The molecular weight excluding hydrogens is 294 g/mol. The Hall–Kier alpha value is -3.29. The number of benzene rings is 1. The van der Waals surface area contributed by atoms with Crippen molar-refractivity contribution in [2.75, 3.05) is 5.32 Å². The number of aryl methyl sites for hydroxylation is 1. The molecule has 0 aliphatic rings. The van der Waals surface area contributed by atoms with Gasteiger partial charge in [-0.3, -0.25) is 0 Å². The Morgan fingerprint density at radius 2 is 2.00 bits per heavy atom. The van der Waals surface area contributed by atoms with Crippen molar-refractivity contribution in [1.29, 1.82) is 0 Å². The number of nitrogens with one attached hydrogen (secondary N) is 1. The summed E-state index contributed by atoms with van der Waals surface area (Å²) >= 11 is 0. The van der Waals surface area contributed by atoms with E-state index in [0.717, 1.165) is 28.1 Å². The van der Waals surface area contributed by atoms with Gasteiger partial charge in [-0.05, 0) is 19.1 Å². The number of nitrogens with zero attached hydrogens (tertiary/aromatic N) is 6. The topological polar surface area (TPSA) is 94.6 Å². The van der Waals surface area contributed by atoms with E-state index in [4.69, 9.17) is 4.63 Å². The van der Waals surface area contributed by atoms with E-state index in [1.807, 2.05) is 37.3 Å². The number of hydrogen-bond acceptors (Lipinski definition) is 7. The van der Waals surface area contributed by atoms with Gasteiger partial charge in [0.1, 0.15) is 23.5 Å². The Morgan fingerprint density at radius 3 is 2.78 bits per heavy atom. The zero-order valence-corrected chi connectivity index (χ0v) is 12.3. The first-order valence-electron chi connectivity index (χ1n) is 7.09. The van der Waals surface area contributed by atoms with Crippen molar-refractivity contribution in [3.63, 3.8) is 0 Å². The highest BCUT2D eigenvalue weighted by Gasteiger charge is 2.12. The minimum absolute atomic E-state index is 0.470. The summed E-state index contributed by atoms with van der Waals surface area (Å²) in [5.41, 5.74) is 3.18.